The quantitative estimate of drug-likeness (QED) is 0.448. The molecule has 0 amide bonds. The maximum absolute atomic E-state index is 11.2. The molecule has 4 atom stereocenters. The second-order valence-corrected chi connectivity index (χ2v) is 9.31. The van der Waals surface area contributed by atoms with Crippen LogP contribution in [-0.4, -0.2) is 30.6 Å². The van der Waals surface area contributed by atoms with Crippen molar-refractivity contribution in [3.63, 3.8) is 0 Å². The normalized spacial score (nSPS) is 33.1. The predicted octanol–water partition coefficient (Wildman–Crippen LogP) is 4.14. The average molecular weight is 373 g/mol. The number of hydrogen-bond acceptors (Lipinski definition) is 4. The molecule has 1 fully saturated rings. The van der Waals surface area contributed by atoms with Gasteiger partial charge in [-0.2, -0.15) is 0 Å². The number of rotatable bonds is 6. The molecule has 1 aromatic carbocycles. The zero-order chi connectivity index (χ0) is 19.7. The first-order chi connectivity index (χ1) is 12.8. The molecule has 1 unspecified atom stereocenters. The van der Waals surface area contributed by atoms with Crippen molar-refractivity contribution in [2.24, 2.45) is 22.2 Å². The van der Waals surface area contributed by atoms with Gasteiger partial charge < -0.3 is 15.7 Å². The van der Waals surface area contributed by atoms with Crippen LogP contribution in [0, 0.1) is 11.3 Å². The maximum atomic E-state index is 11.2. The molecule has 0 aromatic heterocycles. The minimum Gasteiger partial charge on any atom is -0.396 e. The van der Waals surface area contributed by atoms with E-state index in [4.69, 9.17) is 10.6 Å². The molecule has 1 aromatic rings. The van der Waals surface area contributed by atoms with Crippen molar-refractivity contribution in [1.82, 2.24) is 0 Å². The highest BCUT2D eigenvalue weighted by atomic mass is 16.6. The van der Waals surface area contributed by atoms with Crippen molar-refractivity contribution in [3.05, 3.63) is 34.9 Å². The van der Waals surface area contributed by atoms with Gasteiger partial charge in [0.05, 0.1) is 12.3 Å². The van der Waals surface area contributed by atoms with Crippen LogP contribution in [0.15, 0.2) is 23.4 Å². The molecule has 1 saturated carbocycles. The van der Waals surface area contributed by atoms with Crippen LogP contribution < -0.4 is 5.73 Å². The van der Waals surface area contributed by atoms with E-state index in [1.165, 1.54) is 16.7 Å². The van der Waals surface area contributed by atoms with Crippen LogP contribution in [0.4, 0.5) is 0 Å². The highest BCUT2D eigenvalue weighted by Crippen LogP contribution is 2.56. The summed E-state index contributed by atoms with van der Waals surface area (Å²) in [6.07, 6.45) is 6.43. The van der Waals surface area contributed by atoms with Crippen molar-refractivity contribution in [3.8, 4) is 0 Å². The molecular formula is C23H36N2O2. The van der Waals surface area contributed by atoms with E-state index in [1.807, 2.05) is 6.21 Å². The largest absolute Gasteiger partial charge is 0.396 e. The van der Waals surface area contributed by atoms with E-state index in [0.29, 0.717) is 19.1 Å². The smallest absolute Gasteiger partial charge is 0.118 e. The van der Waals surface area contributed by atoms with E-state index in [-0.39, 0.29) is 22.9 Å². The fraction of sp³-hybridized carbons (Fsp3) is 0.696. The molecule has 2 aliphatic carbocycles. The number of benzene rings is 1. The predicted molar refractivity (Wildman–Crippen MR) is 111 cm³/mol. The second-order valence-electron chi connectivity index (χ2n) is 9.31. The Morgan fingerprint density at radius 3 is 2.81 bits per heavy atom. The van der Waals surface area contributed by atoms with Gasteiger partial charge in [-0.3, -0.25) is 0 Å². The molecule has 4 heteroatoms. The van der Waals surface area contributed by atoms with E-state index in [1.54, 1.807) is 0 Å². The molecule has 3 rings (SSSR count). The Hall–Kier alpha value is -1.39. The van der Waals surface area contributed by atoms with Crippen molar-refractivity contribution in [2.75, 3.05) is 13.2 Å². The minimum atomic E-state index is -0.356. The summed E-state index contributed by atoms with van der Waals surface area (Å²) in [7, 11) is 0. The number of aliphatic hydroxyl groups excluding tert-OH is 1. The third-order valence-electron chi connectivity index (χ3n) is 6.90. The van der Waals surface area contributed by atoms with E-state index < -0.39 is 0 Å². The van der Waals surface area contributed by atoms with E-state index in [0.717, 1.165) is 32.1 Å². The van der Waals surface area contributed by atoms with Crippen LogP contribution in [0.5, 0.6) is 0 Å². The monoisotopic (exact) mass is 372 g/mol. The van der Waals surface area contributed by atoms with Crippen LogP contribution in [0.3, 0.4) is 0 Å². The van der Waals surface area contributed by atoms with Gasteiger partial charge in [-0.15, -0.1) is 0 Å². The van der Waals surface area contributed by atoms with Crippen LogP contribution in [0.1, 0.15) is 76.0 Å². The second kappa shape index (κ2) is 7.92. The molecule has 0 bridgehead atoms. The van der Waals surface area contributed by atoms with Gasteiger partial charge in [0.25, 0.3) is 0 Å². The van der Waals surface area contributed by atoms with Gasteiger partial charge in [-0.1, -0.05) is 57.5 Å². The van der Waals surface area contributed by atoms with E-state index >= 15 is 0 Å². The maximum Gasteiger partial charge on any atom is 0.118 e. The Morgan fingerprint density at radius 1 is 1.33 bits per heavy atom. The molecule has 4 nitrogen and oxygen atoms in total. The first-order valence-electron chi connectivity index (χ1n) is 10.5. The molecule has 0 heterocycles. The van der Waals surface area contributed by atoms with Gasteiger partial charge in [0.15, 0.2) is 0 Å². The summed E-state index contributed by atoms with van der Waals surface area (Å²) < 4.78 is 0. The van der Waals surface area contributed by atoms with Gasteiger partial charge in [-0.25, -0.2) is 0 Å². The first-order valence-corrected chi connectivity index (χ1v) is 10.5. The summed E-state index contributed by atoms with van der Waals surface area (Å²) in [6, 6.07) is 6.92. The standard InChI is InChI=1S/C23H36N2O2/c1-16(2)17-7-8-19-18(13-17)14-20(26)21-22(3,9-5-10-23(19,21)4)15-25-27-12-6-11-24/h7-8,13,15-16,20-21,26H,5-6,9-12,14,24H2,1-4H3/b25-15+/t20?,21-,22-,23+/m0/s1. The lowest BCUT2D eigenvalue weighted by atomic mass is 9.49. The van der Waals surface area contributed by atoms with Crippen molar-refractivity contribution >= 4 is 6.21 Å². The average Bonchev–Trinajstić information content (AvgIpc) is 2.60. The number of nitrogens with zero attached hydrogens (tertiary/aromatic N) is 1. The third kappa shape index (κ3) is 3.79. The summed E-state index contributed by atoms with van der Waals surface area (Å²) in [5.74, 6) is 0.658. The zero-order valence-corrected chi connectivity index (χ0v) is 17.4. The van der Waals surface area contributed by atoms with E-state index in [9.17, 15) is 5.11 Å². The lowest BCUT2D eigenvalue weighted by Gasteiger charge is -2.56. The zero-order valence-electron chi connectivity index (χ0n) is 17.4. The topological polar surface area (TPSA) is 67.8 Å². The molecule has 0 spiro atoms. The lowest BCUT2D eigenvalue weighted by molar-refractivity contribution is -0.0309. The highest BCUT2D eigenvalue weighted by molar-refractivity contribution is 5.67. The SMILES string of the molecule is CC(C)c1ccc2c(c1)CC(O)[C@H]1[C@](C)(/C=N/OCCCN)CCC[C@]21C. The number of aliphatic hydroxyl groups is 1. The molecule has 2 aliphatic rings. The Labute approximate surface area is 164 Å². The molecular weight excluding hydrogens is 336 g/mol. The van der Waals surface area contributed by atoms with Gasteiger partial charge in [0, 0.05) is 11.3 Å². The van der Waals surface area contributed by atoms with E-state index in [2.05, 4.69) is 51.0 Å². The van der Waals surface area contributed by atoms with Gasteiger partial charge in [0.1, 0.15) is 6.61 Å². The van der Waals surface area contributed by atoms with Crippen LogP contribution in [0.25, 0.3) is 0 Å². The fourth-order valence-corrected chi connectivity index (χ4v) is 5.59. The molecule has 150 valence electrons. The minimum absolute atomic E-state index is 0.0290. The summed E-state index contributed by atoms with van der Waals surface area (Å²) in [5.41, 5.74) is 9.43. The molecule has 0 radical (unpaired) electrons. The Kier molecular flexibility index (Phi) is 5.97. The molecule has 27 heavy (non-hydrogen) atoms. The third-order valence-corrected chi connectivity index (χ3v) is 6.90. The van der Waals surface area contributed by atoms with Gasteiger partial charge in [0.2, 0.25) is 0 Å². The summed E-state index contributed by atoms with van der Waals surface area (Å²) in [5, 5.41) is 15.5. The molecule has 0 saturated heterocycles. The Bertz CT molecular complexity index is 687. The first kappa shape index (κ1) is 20.3. The number of fused-ring (bicyclic) bond motifs is 3. The highest BCUT2D eigenvalue weighted by Gasteiger charge is 2.55. The lowest BCUT2D eigenvalue weighted by Crippen LogP contribution is -2.56. The van der Waals surface area contributed by atoms with Crippen LogP contribution in [0.2, 0.25) is 0 Å². The summed E-state index contributed by atoms with van der Waals surface area (Å²) >= 11 is 0. The van der Waals surface area contributed by atoms with Crippen LogP contribution >= 0.6 is 0 Å². The number of hydrogen-bond donors (Lipinski definition) is 2. The summed E-state index contributed by atoms with van der Waals surface area (Å²) in [4.78, 5) is 5.41. The van der Waals surface area contributed by atoms with Crippen molar-refractivity contribution in [2.45, 2.75) is 77.2 Å². The van der Waals surface area contributed by atoms with Crippen molar-refractivity contribution < 1.29 is 9.94 Å². The Balaban J connectivity index is 1.92. The van der Waals surface area contributed by atoms with Crippen molar-refractivity contribution in [1.29, 1.82) is 0 Å². The van der Waals surface area contributed by atoms with Gasteiger partial charge in [-0.05, 0) is 60.3 Å². The fourth-order valence-electron chi connectivity index (χ4n) is 5.59. The molecule has 0 aliphatic heterocycles. The molecule has 3 N–H and O–H groups in total. The van der Waals surface area contributed by atoms with Crippen LogP contribution in [-0.2, 0) is 16.7 Å². The number of nitrogens with two attached hydrogens (primary N) is 1. The van der Waals surface area contributed by atoms with Gasteiger partial charge >= 0.3 is 0 Å². The Morgan fingerprint density at radius 2 is 2.11 bits per heavy atom. The summed E-state index contributed by atoms with van der Waals surface area (Å²) in [6.45, 7) is 10.2. The number of oxime groups is 1.